The van der Waals surface area contributed by atoms with Crippen LogP contribution in [0.3, 0.4) is 0 Å². The molecule has 1 aliphatic rings. The second-order valence-corrected chi connectivity index (χ2v) is 6.10. The number of aromatic nitrogens is 2. The highest BCUT2D eigenvalue weighted by atomic mass is 32.2. The Morgan fingerprint density at radius 3 is 2.86 bits per heavy atom. The first-order valence-electron chi connectivity index (χ1n) is 7.37. The number of para-hydroxylation sites is 2. The predicted octanol–water partition coefficient (Wildman–Crippen LogP) is 2.09. The zero-order chi connectivity index (χ0) is 15.5. The molecule has 1 N–H and O–H groups in total. The van der Waals surface area contributed by atoms with Gasteiger partial charge >= 0.3 is 6.03 Å². The van der Waals surface area contributed by atoms with Crippen molar-refractivity contribution in [3.63, 3.8) is 0 Å². The van der Waals surface area contributed by atoms with Crippen molar-refractivity contribution in [3.8, 4) is 0 Å². The number of imidazole rings is 1. The Morgan fingerprint density at radius 1 is 1.32 bits per heavy atom. The first-order chi connectivity index (χ1) is 10.7. The topological polar surface area (TPSA) is 67.2 Å². The fourth-order valence-electron chi connectivity index (χ4n) is 2.54. The Kier molecular flexibility index (Phi) is 4.33. The Bertz CT molecular complexity index is 697. The quantitative estimate of drug-likeness (QED) is 0.503. The Balaban J connectivity index is 1.60. The third-order valence-electron chi connectivity index (χ3n) is 3.63. The van der Waals surface area contributed by atoms with Crippen molar-refractivity contribution in [2.75, 3.05) is 18.8 Å². The fraction of sp³-hybridized carbons (Fsp3) is 0.400. The van der Waals surface area contributed by atoms with Gasteiger partial charge in [0.15, 0.2) is 5.16 Å². The number of hydrogen-bond acceptors (Lipinski definition) is 4. The van der Waals surface area contributed by atoms with E-state index in [-0.39, 0.29) is 18.5 Å². The minimum absolute atomic E-state index is 0.123. The van der Waals surface area contributed by atoms with E-state index in [1.807, 2.05) is 18.2 Å². The van der Waals surface area contributed by atoms with Gasteiger partial charge in [0.25, 0.3) is 0 Å². The normalized spacial score (nSPS) is 14.9. The van der Waals surface area contributed by atoms with Gasteiger partial charge in [0.1, 0.15) is 0 Å². The summed E-state index contributed by atoms with van der Waals surface area (Å²) in [6.07, 6.45) is 0.761. The van der Waals surface area contributed by atoms with Crippen LogP contribution < -0.4 is 5.32 Å². The maximum Gasteiger partial charge on any atom is 0.324 e. The third kappa shape index (κ3) is 2.81. The standard InChI is InChI=1S/C15H18N4O2S/c1-2-18-12-7-4-3-6-11(12)17-15(18)22-9-5-8-19-13(20)10-16-14(19)21/h3-4,6-7H,2,5,8-10H2,1H3,(H,16,21). The van der Waals surface area contributed by atoms with E-state index in [9.17, 15) is 9.59 Å². The average Bonchev–Trinajstić information content (AvgIpc) is 3.04. The number of imide groups is 1. The minimum atomic E-state index is -0.282. The molecule has 3 amide bonds. The summed E-state index contributed by atoms with van der Waals surface area (Å²) < 4.78 is 2.19. The summed E-state index contributed by atoms with van der Waals surface area (Å²) in [6, 6.07) is 7.81. The molecular formula is C15H18N4O2S. The van der Waals surface area contributed by atoms with Crippen LogP contribution in [0, 0.1) is 0 Å². The van der Waals surface area contributed by atoms with Crippen LogP contribution in [0.25, 0.3) is 11.0 Å². The number of fused-ring (bicyclic) bond motifs is 1. The maximum atomic E-state index is 11.5. The molecule has 0 atom stereocenters. The van der Waals surface area contributed by atoms with Gasteiger partial charge in [-0.15, -0.1) is 0 Å². The van der Waals surface area contributed by atoms with Crippen LogP contribution in [0.4, 0.5) is 4.79 Å². The number of thioether (sulfide) groups is 1. The number of rotatable bonds is 6. The molecule has 1 saturated heterocycles. The van der Waals surface area contributed by atoms with E-state index in [0.717, 1.165) is 34.9 Å². The molecule has 1 aromatic heterocycles. The number of aryl methyl sites for hydroxylation is 1. The van der Waals surface area contributed by atoms with Crippen molar-refractivity contribution < 1.29 is 9.59 Å². The number of carbonyl (C=O) groups excluding carboxylic acids is 2. The van der Waals surface area contributed by atoms with Gasteiger partial charge in [-0.25, -0.2) is 9.78 Å². The van der Waals surface area contributed by atoms with Crippen molar-refractivity contribution in [2.45, 2.75) is 25.0 Å². The van der Waals surface area contributed by atoms with E-state index in [0.29, 0.717) is 6.54 Å². The molecule has 7 heteroatoms. The van der Waals surface area contributed by atoms with Gasteiger partial charge in [0.2, 0.25) is 5.91 Å². The van der Waals surface area contributed by atoms with Gasteiger partial charge in [-0.1, -0.05) is 23.9 Å². The molecule has 1 aliphatic heterocycles. The highest BCUT2D eigenvalue weighted by Crippen LogP contribution is 2.24. The molecule has 0 unspecified atom stereocenters. The molecule has 22 heavy (non-hydrogen) atoms. The van der Waals surface area contributed by atoms with E-state index in [4.69, 9.17) is 0 Å². The first-order valence-corrected chi connectivity index (χ1v) is 8.35. The SMILES string of the molecule is CCn1c(SCCCN2C(=O)CNC2=O)nc2ccccc21. The van der Waals surface area contributed by atoms with Crippen molar-refractivity contribution in [1.29, 1.82) is 0 Å². The molecule has 2 heterocycles. The van der Waals surface area contributed by atoms with Crippen LogP contribution in [0.5, 0.6) is 0 Å². The van der Waals surface area contributed by atoms with Gasteiger partial charge in [-0.05, 0) is 25.5 Å². The Hall–Kier alpha value is -2.02. The smallest absolute Gasteiger partial charge is 0.324 e. The van der Waals surface area contributed by atoms with Gasteiger partial charge in [-0.2, -0.15) is 0 Å². The Labute approximate surface area is 132 Å². The Morgan fingerprint density at radius 2 is 2.14 bits per heavy atom. The number of hydrogen-bond donors (Lipinski definition) is 1. The molecule has 0 spiro atoms. The van der Waals surface area contributed by atoms with Crippen molar-refractivity contribution in [1.82, 2.24) is 19.8 Å². The number of nitrogens with zero attached hydrogens (tertiary/aromatic N) is 3. The predicted molar refractivity (Wildman–Crippen MR) is 85.9 cm³/mol. The average molecular weight is 318 g/mol. The first kappa shape index (κ1) is 14.9. The lowest BCUT2D eigenvalue weighted by molar-refractivity contribution is -0.124. The summed E-state index contributed by atoms with van der Waals surface area (Å²) in [6.45, 7) is 3.56. The number of nitrogens with one attached hydrogen (secondary N) is 1. The van der Waals surface area contributed by atoms with Gasteiger partial charge in [0, 0.05) is 18.8 Å². The number of amides is 3. The number of benzene rings is 1. The van der Waals surface area contributed by atoms with Crippen LogP contribution in [0.1, 0.15) is 13.3 Å². The number of urea groups is 1. The molecule has 6 nitrogen and oxygen atoms in total. The lowest BCUT2D eigenvalue weighted by atomic mass is 10.3. The molecule has 1 aromatic carbocycles. The molecule has 1 fully saturated rings. The summed E-state index contributed by atoms with van der Waals surface area (Å²) in [5.41, 5.74) is 2.14. The second-order valence-electron chi connectivity index (χ2n) is 5.03. The molecule has 0 bridgehead atoms. The molecule has 3 rings (SSSR count). The van der Waals surface area contributed by atoms with E-state index in [1.165, 1.54) is 4.90 Å². The van der Waals surface area contributed by atoms with E-state index in [1.54, 1.807) is 11.8 Å². The molecule has 116 valence electrons. The maximum absolute atomic E-state index is 11.5. The van der Waals surface area contributed by atoms with Crippen molar-refractivity contribution in [3.05, 3.63) is 24.3 Å². The monoisotopic (exact) mass is 318 g/mol. The summed E-state index contributed by atoms with van der Waals surface area (Å²) in [5.74, 6) is 0.677. The zero-order valence-corrected chi connectivity index (χ0v) is 13.2. The summed E-state index contributed by atoms with van der Waals surface area (Å²) >= 11 is 1.67. The summed E-state index contributed by atoms with van der Waals surface area (Å²) in [7, 11) is 0. The highest BCUT2D eigenvalue weighted by molar-refractivity contribution is 7.99. The van der Waals surface area contributed by atoms with Gasteiger partial charge < -0.3 is 9.88 Å². The molecule has 2 aromatic rings. The van der Waals surface area contributed by atoms with Crippen molar-refractivity contribution in [2.24, 2.45) is 0 Å². The lowest BCUT2D eigenvalue weighted by Crippen LogP contribution is -2.32. The molecule has 0 saturated carbocycles. The zero-order valence-electron chi connectivity index (χ0n) is 12.4. The van der Waals surface area contributed by atoms with E-state index in [2.05, 4.69) is 27.9 Å². The molecule has 0 aliphatic carbocycles. The molecular weight excluding hydrogens is 300 g/mol. The largest absolute Gasteiger partial charge is 0.329 e. The molecule has 0 radical (unpaired) electrons. The highest BCUT2D eigenvalue weighted by Gasteiger charge is 2.27. The third-order valence-corrected chi connectivity index (χ3v) is 4.69. The van der Waals surface area contributed by atoms with E-state index >= 15 is 0 Å². The van der Waals surface area contributed by atoms with Crippen molar-refractivity contribution >= 4 is 34.7 Å². The van der Waals surface area contributed by atoms with Crippen LogP contribution in [0.15, 0.2) is 29.4 Å². The summed E-state index contributed by atoms with van der Waals surface area (Å²) in [4.78, 5) is 28.9. The minimum Gasteiger partial charge on any atom is -0.329 e. The van der Waals surface area contributed by atoms with Crippen LogP contribution >= 0.6 is 11.8 Å². The van der Waals surface area contributed by atoms with E-state index < -0.39 is 0 Å². The van der Waals surface area contributed by atoms with Gasteiger partial charge in [0.05, 0.1) is 17.6 Å². The lowest BCUT2D eigenvalue weighted by Gasteiger charge is -2.11. The van der Waals surface area contributed by atoms with Gasteiger partial charge in [-0.3, -0.25) is 9.69 Å². The van der Waals surface area contributed by atoms with Crippen LogP contribution in [0.2, 0.25) is 0 Å². The number of carbonyl (C=O) groups is 2. The second kappa shape index (κ2) is 6.39. The van der Waals surface area contributed by atoms with Crippen LogP contribution in [-0.2, 0) is 11.3 Å². The fourth-order valence-corrected chi connectivity index (χ4v) is 3.54. The van der Waals surface area contributed by atoms with Crippen LogP contribution in [-0.4, -0.2) is 45.2 Å². The summed E-state index contributed by atoms with van der Waals surface area (Å²) in [5, 5.41) is 3.52.